The monoisotopic (exact) mass is 309 g/mol. The van der Waals surface area contributed by atoms with Crippen LogP contribution in [0.2, 0.25) is 0 Å². The second kappa shape index (κ2) is 5.68. The number of carbonyl (C=O) groups excluding carboxylic acids is 1. The topological polar surface area (TPSA) is 46.6 Å². The molecule has 0 amide bonds. The summed E-state index contributed by atoms with van der Waals surface area (Å²) in [5.41, 5.74) is -0.472. The van der Waals surface area contributed by atoms with Crippen molar-refractivity contribution in [2.45, 2.75) is 51.9 Å². The van der Waals surface area contributed by atoms with Gasteiger partial charge in [-0.25, -0.2) is 4.67 Å². The number of carbonyl (C=O) groups is 1. The molecule has 0 spiro atoms. The van der Waals surface area contributed by atoms with Crippen molar-refractivity contribution in [2.24, 2.45) is 0 Å². The van der Waals surface area contributed by atoms with Crippen LogP contribution in [0.25, 0.3) is 0 Å². The molecule has 1 aromatic rings. The number of Topliss-reactive ketones (excluding diaryl/α,β-unsaturated/α-hetero) is 1. The summed E-state index contributed by atoms with van der Waals surface area (Å²) < 4.78 is 20.7. The number of rotatable bonds is 5. The number of hydrogen-bond donors (Lipinski definition) is 0. The Kier molecular flexibility index (Phi) is 4.44. The maximum Gasteiger partial charge on any atom is 0.285 e. The Bertz CT molecular complexity index is 568. The van der Waals surface area contributed by atoms with E-state index >= 15 is 0 Å². The summed E-state index contributed by atoms with van der Waals surface area (Å²) in [5, 5.41) is 0. The lowest BCUT2D eigenvalue weighted by atomic mass is 9.91. The van der Waals surface area contributed by atoms with Crippen LogP contribution in [0.3, 0.4) is 0 Å². The first kappa shape index (κ1) is 16.4. The first-order valence-corrected chi connectivity index (χ1v) is 9.04. The van der Waals surface area contributed by atoms with Gasteiger partial charge in [0.05, 0.1) is 6.61 Å². The summed E-state index contributed by atoms with van der Waals surface area (Å²) in [6, 6.07) is 9.12. The predicted octanol–water partition coefficient (Wildman–Crippen LogP) is 3.97. The van der Waals surface area contributed by atoms with Gasteiger partial charge in [0, 0.05) is 17.1 Å². The normalized spacial score (nSPS) is 28.4. The molecule has 0 bridgehead atoms. The lowest BCUT2D eigenvalue weighted by Crippen LogP contribution is -2.67. The number of hydrogen-bond acceptors (Lipinski definition) is 3. The predicted molar refractivity (Wildman–Crippen MR) is 84.8 cm³/mol. The van der Waals surface area contributed by atoms with Gasteiger partial charge >= 0.3 is 0 Å². The smallest absolute Gasteiger partial charge is 0.285 e. The Hall–Kier alpha value is -0.960. The number of benzene rings is 1. The number of nitrogens with zero attached hydrogens (tertiary/aromatic N) is 1. The van der Waals surface area contributed by atoms with E-state index < -0.39 is 18.7 Å². The average Bonchev–Trinajstić information content (AvgIpc) is 2.38. The largest absolute Gasteiger partial charge is 0.317 e. The molecular weight excluding hydrogens is 285 g/mol. The SMILES string of the molecule is CCOP1(=O)C(C(=O)c2ccccc2)C(C)(C)N1C(C)C. The van der Waals surface area contributed by atoms with Crippen LogP contribution in [0.1, 0.15) is 45.0 Å². The zero-order chi connectivity index (χ0) is 15.8. The van der Waals surface area contributed by atoms with Gasteiger partial charge in [0.1, 0.15) is 5.66 Å². The highest BCUT2D eigenvalue weighted by molar-refractivity contribution is 7.60. The molecule has 4 nitrogen and oxygen atoms in total. The minimum Gasteiger partial charge on any atom is -0.317 e. The molecule has 1 aliphatic rings. The van der Waals surface area contributed by atoms with Gasteiger partial charge in [-0.15, -0.1) is 0 Å². The van der Waals surface area contributed by atoms with Crippen LogP contribution in [0.15, 0.2) is 30.3 Å². The molecule has 2 atom stereocenters. The van der Waals surface area contributed by atoms with Crippen molar-refractivity contribution in [3.63, 3.8) is 0 Å². The van der Waals surface area contributed by atoms with Gasteiger partial charge < -0.3 is 4.52 Å². The van der Waals surface area contributed by atoms with Crippen LogP contribution in [-0.2, 0) is 9.09 Å². The molecule has 1 heterocycles. The Morgan fingerprint density at radius 2 is 1.90 bits per heavy atom. The molecule has 0 aromatic heterocycles. The van der Waals surface area contributed by atoms with Gasteiger partial charge in [-0.05, 0) is 34.6 Å². The van der Waals surface area contributed by atoms with Gasteiger partial charge in [0.25, 0.3) is 7.52 Å². The van der Waals surface area contributed by atoms with E-state index in [0.717, 1.165) is 0 Å². The molecule has 5 heteroatoms. The van der Waals surface area contributed by atoms with E-state index in [0.29, 0.717) is 12.2 Å². The Morgan fingerprint density at radius 1 is 1.33 bits per heavy atom. The summed E-state index contributed by atoms with van der Waals surface area (Å²) in [6.07, 6.45) is 0. The van der Waals surface area contributed by atoms with Crippen LogP contribution in [0.5, 0.6) is 0 Å². The summed E-state index contributed by atoms with van der Waals surface area (Å²) in [6.45, 7) is 10.1. The van der Waals surface area contributed by atoms with Gasteiger partial charge in [0.2, 0.25) is 0 Å². The molecule has 116 valence electrons. The highest BCUT2D eigenvalue weighted by Gasteiger charge is 2.67. The summed E-state index contributed by atoms with van der Waals surface area (Å²) in [5.74, 6) is -0.0886. The summed E-state index contributed by atoms with van der Waals surface area (Å²) in [4.78, 5) is 12.8. The quantitative estimate of drug-likeness (QED) is 0.610. The van der Waals surface area contributed by atoms with E-state index in [1.165, 1.54) is 0 Å². The zero-order valence-corrected chi connectivity index (χ0v) is 14.3. The third kappa shape index (κ3) is 2.50. The van der Waals surface area contributed by atoms with Crippen molar-refractivity contribution < 1.29 is 13.9 Å². The Balaban J connectivity index is 2.42. The van der Waals surface area contributed by atoms with E-state index in [2.05, 4.69) is 0 Å². The van der Waals surface area contributed by atoms with Gasteiger partial charge in [-0.3, -0.25) is 9.36 Å². The summed E-state index contributed by atoms with van der Waals surface area (Å²) >= 11 is 0. The molecular formula is C16H24NO3P. The van der Waals surface area contributed by atoms with Crippen LogP contribution in [-0.4, -0.2) is 34.3 Å². The fraction of sp³-hybridized carbons (Fsp3) is 0.562. The second-order valence-electron chi connectivity index (χ2n) is 6.21. The van der Waals surface area contributed by atoms with Crippen LogP contribution >= 0.6 is 7.52 Å². The highest BCUT2D eigenvalue weighted by Crippen LogP contribution is 2.72. The van der Waals surface area contributed by atoms with E-state index in [-0.39, 0.29) is 11.8 Å². The standard InChI is InChI=1S/C16H24NO3P/c1-6-20-21(19)15(16(4,5)17(21)12(2)3)14(18)13-10-8-7-9-11-13/h7-12,15H,6H2,1-5H3. The number of ketones is 1. The van der Waals surface area contributed by atoms with Crippen LogP contribution < -0.4 is 0 Å². The van der Waals surface area contributed by atoms with Crippen molar-refractivity contribution in [1.29, 1.82) is 0 Å². The molecule has 2 rings (SSSR count). The Labute approximate surface area is 127 Å². The van der Waals surface area contributed by atoms with Crippen LogP contribution in [0.4, 0.5) is 0 Å². The van der Waals surface area contributed by atoms with Crippen LogP contribution in [0, 0.1) is 0 Å². The molecule has 0 N–H and O–H groups in total. The molecule has 0 aliphatic carbocycles. The first-order chi connectivity index (χ1) is 9.76. The molecule has 21 heavy (non-hydrogen) atoms. The van der Waals surface area contributed by atoms with E-state index in [9.17, 15) is 9.36 Å². The van der Waals surface area contributed by atoms with E-state index in [1.807, 2.05) is 57.5 Å². The molecule has 1 aromatic carbocycles. The first-order valence-electron chi connectivity index (χ1n) is 7.40. The molecule has 2 unspecified atom stereocenters. The fourth-order valence-corrected chi connectivity index (χ4v) is 7.05. The summed E-state index contributed by atoms with van der Waals surface area (Å²) in [7, 11) is -3.13. The highest BCUT2D eigenvalue weighted by atomic mass is 31.2. The molecule has 1 aliphatic heterocycles. The molecule has 0 saturated carbocycles. The van der Waals surface area contributed by atoms with Crippen molar-refractivity contribution in [1.82, 2.24) is 4.67 Å². The van der Waals surface area contributed by atoms with Crippen molar-refractivity contribution in [2.75, 3.05) is 6.61 Å². The third-order valence-corrected chi connectivity index (χ3v) is 7.72. The van der Waals surface area contributed by atoms with Gasteiger partial charge in [-0.1, -0.05) is 30.3 Å². The minimum absolute atomic E-state index is 0.0669. The zero-order valence-electron chi connectivity index (χ0n) is 13.4. The maximum atomic E-state index is 13.3. The van der Waals surface area contributed by atoms with E-state index in [4.69, 9.17) is 4.52 Å². The lowest BCUT2D eigenvalue weighted by Gasteiger charge is -2.60. The second-order valence-corrected chi connectivity index (χ2v) is 8.54. The molecule has 1 fully saturated rings. The lowest BCUT2D eigenvalue weighted by molar-refractivity contribution is 0.0612. The molecule has 0 radical (unpaired) electrons. The fourth-order valence-electron chi connectivity index (χ4n) is 3.49. The van der Waals surface area contributed by atoms with Crippen molar-refractivity contribution >= 4 is 13.3 Å². The van der Waals surface area contributed by atoms with Crippen molar-refractivity contribution in [3.8, 4) is 0 Å². The molecule has 1 saturated heterocycles. The van der Waals surface area contributed by atoms with E-state index in [1.54, 1.807) is 12.1 Å². The van der Waals surface area contributed by atoms with Crippen molar-refractivity contribution in [3.05, 3.63) is 35.9 Å². The van der Waals surface area contributed by atoms with Gasteiger partial charge in [-0.2, -0.15) is 0 Å². The van der Waals surface area contributed by atoms with Gasteiger partial charge in [0.15, 0.2) is 5.78 Å². The average molecular weight is 309 g/mol. The Morgan fingerprint density at radius 3 is 2.38 bits per heavy atom. The third-order valence-electron chi connectivity index (χ3n) is 4.00. The minimum atomic E-state index is -3.13. The maximum absolute atomic E-state index is 13.3.